The van der Waals surface area contributed by atoms with Crippen LogP contribution in [0.25, 0.3) is 12.2 Å². The molecule has 1 fully saturated rings. The summed E-state index contributed by atoms with van der Waals surface area (Å²) in [5.41, 5.74) is 0.390. The quantitative estimate of drug-likeness (QED) is 0.321. The first kappa shape index (κ1) is 24.2. The summed E-state index contributed by atoms with van der Waals surface area (Å²) in [7, 11) is 0. The maximum atomic E-state index is 12.3. The SMILES string of the molecule is CC=NC=N/C(=C/N=C(C)C(=O)NCC1CCNCC1)NC/C=c1/cn[nH]/c1=C/CC. The number of carbonyl (C=O) groups excluding carboxylic acids is 1. The van der Waals surface area contributed by atoms with Crippen molar-refractivity contribution in [3.8, 4) is 0 Å². The Morgan fingerprint density at radius 1 is 1.29 bits per heavy atom. The van der Waals surface area contributed by atoms with Crippen molar-refractivity contribution >= 4 is 36.3 Å². The topological polar surface area (TPSA) is 119 Å². The highest BCUT2D eigenvalue weighted by Gasteiger charge is 2.14. The van der Waals surface area contributed by atoms with Crippen molar-refractivity contribution in [2.45, 2.75) is 40.0 Å². The van der Waals surface area contributed by atoms with E-state index in [1.165, 1.54) is 6.34 Å². The number of aliphatic imine (C=N–C) groups is 3. The highest BCUT2D eigenvalue weighted by molar-refractivity contribution is 6.38. The Kier molecular flexibility index (Phi) is 10.9. The van der Waals surface area contributed by atoms with Crippen LogP contribution in [0.1, 0.15) is 40.0 Å². The largest absolute Gasteiger partial charge is 0.365 e. The number of aromatic amines is 1. The molecule has 1 aliphatic rings. The molecule has 9 nitrogen and oxygen atoms in total. The molecule has 1 aliphatic heterocycles. The summed E-state index contributed by atoms with van der Waals surface area (Å²) in [5.74, 6) is 0.877. The standard InChI is InChI=1S/C22H34N8O/c1-4-6-20-19(14-29-30-20)9-12-25-21(28-16-23-5-2)15-26-17(3)22(31)27-13-18-7-10-24-11-8-18/h5-6,9,14-16,18,24-25,30H,4,7-8,10-13H2,1-3H3,(H,27,31)/b19-9-,20-6+,21-15+,23-5?,26-17?,28-16?. The number of aromatic nitrogens is 2. The molecule has 1 amide bonds. The van der Waals surface area contributed by atoms with Gasteiger partial charge in [-0.3, -0.25) is 14.9 Å². The third-order valence-electron chi connectivity index (χ3n) is 4.84. The molecule has 2 heterocycles. The van der Waals surface area contributed by atoms with Gasteiger partial charge in [-0.05, 0) is 52.1 Å². The first-order valence-electron chi connectivity index (χ1n) is 10.8. The number of piperidine rings is 1. The van der Waals surface area contributed by atoms with Gasteiger partial charge in [-0.25, -0.2) is 9.98 Å². The van der Waals surface area contributed by atoms with Crippen LogP contribution in [0.4, 0.5) is 0 Å². The molecular formula is C22H34N8O. The third kappa shape index (κ3) is 9.08. The second-order valence-corrected chi connectivity index (χ2v) is 7.22. The first-order chi connectivity index (χ1) is 15.1. The van der Waals surface area contributed by atoms with Crippen LogP contribution in [0.15, 0.2) is 33.2 Å². The average Bonchev–Trinajstić information content (AvgIpc) is 3.23. The molecule has 4 N–H and O–H groups in total. The number of hydrogen-bond donors (Lipinski definition) is 4. The molecule has 0 bridgehead atoms. The van der Waals surface area contributed by atoms with Crippen LogP contribution in [-0.4, -0.2) is 60.5 Å². The normalized spacial score (nSPS) is 17.8. The Balaban J connectivity index is 2.00. The molecule has 1 aromatic rings. The zero-order valence-electron chi connectivity index (χ0n) is 18.7. The van der Waals surface area contributed by atoms with E-state index in [9.17, 15) is 4.79 Å². The van der Waals surface area contributed by atoms with E-state index < -0.39 is 0 Å². The molecule has 0 spiro atoms. The summed E-state index contributed by atoms with van der Waals surface area (Å²) in [6, 6.07) is 0. The van der Waals surface area contributed by atoms with Crippen LogP contribution in [0.2, 0.25) is 0 Å². The van der Waals surface area contributed by atoms with E-state index in [0.29, 0.717) is 30.5 Å². The van der Waals surface area contributed by atoms with Crippen molar-refractivity contribution < 1.29 is 4.79 Å². The van der Waals surface area contributed by atoms with Crippen LogP contribution >= 0.6 is 0 Å². The molecule has 0 atom stereocenters. The Bertz CT molecular complexity index is 920. The lowest BCUT2D eigenvalue weighted by Gasteiger charge is -2.22. The van der Waals surface area contributed by atoms with Crippen molar-refractivity contribution in [2.75, 3.05) is 26.2 Å². The van der Waals surface area contributed by atoms with Gasteiger partial charge >= 0.3 is 0 Å². The van der Waals surface area contributed by atoms with Gasteiger partial charge in [-0.1, -0.05) is 19.1 Å². The van der Waals surface area contributed by atoms with Gasteiger partial charge in [0, 0.05) is 24.5 Å². The van der Waals surface area contributed by atoms with Gasteiger partial charge in [0.2, 0.25) is 0 Å². The number of amides is 1. The minimum Gasteiger partial charge on any atom is -0.365 e. The first-order valence-corrected chi connectivity index (χ1v) is 10.8. The van der Waals surface area contributed by atoms with Crippen molar-refractivity contribution in [1.82, 2.24) is 26.1 Å². The lowest BCUT2D eigenvalue weighted by molar-refractivity contribution is -0.115. The second kappa shape index (κ2) is 14.0. The molecule has 0 unspecified atom stereocenters. The van der Waals surface area contributed by atoms with E-state index >= 15 is 0 Å². The highest BCUT2D eigenvalue weighted by atomic mass is 16.1. The predicted molar refractivity (Wildman–Crippen MR) is 128 cm³/mol. The minimum absolute atomic E-state index is 0.158. The zero-order chi connectivity index (χ0) is 22.3. The Morgan fingerprint density at radius 3 is 2.84 bits per heavy atom. The number of rotatable bonds is 10. The third-order valence-corrected chi connectivity index (χ3v) is 4.84. The van der Waals surface area contributed by atoms with Gasteiger partial charge in [-0.2, -0.15) is 5.10 Å². The van der Waals surface area contributed by atoms with Crippen molar-refractivity contribution in [2.24, 2.45) is 20.9 Å². The Hall–Kier alpha value is -3.07. The molecule has 0 saturated carbocycles. The molecule has 0 aliphatic carbocycles. The number of nitrogens with zero attached hydrogens (tertiary/aromatic N) is 4. The minimum atomic E-state index is -0.158. The molecule has 9 heteroatoms. The maximum Gasteiger partial charge on any atom is 0.265 e. The summed E-state index contributed by atoms with van der Waals surface area (Å²) in [6.07, 6.45) is 13.6. The van der Waals surface area contributed by atoms with Gasteiger partial charge in [0.1, 0.15) is 17.9 Å². The molecule has 0 radical (unpaired) electrons. The molecule has 31 heavy (non-hydrogen) atoms. The van der Waals surface area contributed by atoms with E-state index in [1.807, 2.05) is 13.0 Å². The van der Waals surface area contributed by atoms with Crippen LogP contribution in [0, 0.1) is 5.92 Å². The number of carbonyl (C=O) groups is 1. The molecule has 168 valence electrons. The summed E-state index contributed by atoms with van der Waals surface area (Å²) in [5, 5.41) is 18.6. The van der Waals surface area contributed by atoms with Crippen LogP contribution in [0.5, 0.6) is 0 Å². The molecular weight excluding hydrogens is 392 g/mol. The summed E-state index contributed by atoms with van der Waals surface area (Å²) >= 11 is 0. The fraction of sp³-hybridized carbons (Fsp3) is 0.500. The number of H-pyrrole nitrogens is 1. The fourth-order valence-corrected chi connectivity index (χ4v) is 3.06. The van der Waals surface area contributed by atoms with Gasteiger partial charge in [0.05, 0.1) is 17.7 Å². The van der Waals surface area contributed by atoms with Gasteiger partial charge < -0.3 is 16.0 Å². The van der Waals surface area contributed by atoms with E-state index in [4.69, 9.17) is 0 Å². The highest BCUT2D eigenvalue weighted by Crippen LogP contribution is 2.09. The van der Waals surface area contributed by atoms with Crippen LogP contribution in [-0.2, 0) is 4.79 Å². The van der Waals surface area contributed by atoms with Crippen LogP contribution < -0.4 is 26.5 Å². The fourth-order valence-electron chi connectivity index (χ4n) is 3.06. The molecule has 2 rings (SSSR count). The molecule has 1 saturated heterocycles. The molecule has 1 aromatic heterocycles. The van der Waals surface area contributed by atoms with Crippen molar-refractivity contribution in [3.05, 3.63) is 28.8 Å². The van der Waals surface area contributed by atoms with E-state index in [1.54, 1.807) is 25.5 Å². The monoisotopic (exact) mass is 426 g/mol. The van der Waals surface area contributed by atoms with Gasteiger partial charge in [-0.15, -0.1) is 0 Å². The van der Waals surface area contributed by atoms with Gasteiger partial charge in [0.25, 0.3) is 5.91 Å². The Labute approximate surface area is 183 Å². The van der Waals surface area contributed by atoms with E-state index in [0.717, 1.165) is 42.9 Å². The van der Waals surface area contributed by atoms with Gasteiger partial charge in [0.15, 0.2) is 0 Å². The summed E-state index contributed by atoms with van der Waals surface area (Å²) in [6.45, 7) is 8.83. The van der Waals surface area contributed by atoms with E-state index in [-0.39, 0.29) is 5.91 Å². The number of hydrogen-bond acceptors (Lipinski definition) is 6. The molecule has 0 aromatic carbocycles. The average molecular weight is 427 g/mol. The summed E-state index contributed by atoms with van der Waals surface area (Å²) in [4.78, 5) is 24.9. The predicted octanol–water partition coefficient (Wildman–Crippen LogP) is 0.465. The summed E-state index contributed by atoms with van der Waals surface area (Å²) < 4.78 is 0. The lowest BCUT2D eigenvalue weighted by Crippen LogP contribution is -2.38. The smallest absolute Gasteiger partial charge is 0.265 e. The zero-order valence-corrected chi connectivity index (χ0v) is 18.7. The maximum absolute atomic E-state index is 12.3. The Morgan fingerprint density at radius 2 is 2.10 bits per heavy atom. The van der Waals surface area contributed by atoms with E-state index in [2.05, 4.69) is 54.1 Å². The van der Waals surface area contributed by atoms with Crippen molar-refractivity contribution in [3.63, 3.8) is 0 Å². The number of nitrogens with one attached hydrogen (secondary N) is 4. The second-order valence-electron chi connectivity index (χ2n) is 7.22. The van der Waals surface area contributed by atoms with Crippen molar-refractivity contribution in [1.29, 1.82) is 0 Å². The van der Waals surface area contributed by atoms with Crippen LogP contribution in [0.3, 0.4) is 0 Å². The lowest BCUT2D eigenvalue weighted by atomic mass is 9.98.